The van der Waals surface area contributed by atoms with Crippen molar-refractivity contribution in [2.75, 3.05) is 0 Å². The molecule has 3 aromatic rings. The van der Waals surface area contributed by atoms with Gasteiger partial charge in [-0.2, -0.15) is 0 Å². The van der Waals surface area contributed by atoms with Crippen LogP contribution in [0.25, 0.3) is 0 Å². The molecule has 50 heavy (non-hydrogen) atoms. The van der Waals surface area contributed by atoms with E-state index in [4.69, 9.17) is 4.74 Å². The molecule has 1 nitrogen and oxygen atoms in total. The number of fused-ring (bicyclic) bond motifs is 2. The Bertz CT molecular complexity index is 1960. The number of hydrogen-bond acceptors (Lipinski definition) is 1. The molecule has 1 aliphatic heterocycles. The van der Waals surface area contributed by atoms with Crippen molar-refractivity contribution >= 4 is 31.8 Å². The Labute approximate surface area is 304 Å². The minimum Gasteiger partial charge on any atom is -0.484 e. The Hall–Kier alpha value is -3.50. The number of ether oxygens (including phenoxy) is 1. The molecule has 3 heteroatoms. The van der Waals surface area contributed by atoms with E-state index in [1.807, 2.05) is 6.08 Å². The molecule has 5 atom stereocenters. The van der Waals surface area contributed by atoms with E-state index in [2.05, 4.69) is 172 Å². The minimum absolute atomic E-state index is 0.0576. The van der Waals surface area contributed by atoms with Crippen molar-refractivity contribution in [3.05, 3.63) is 165 Å². The molecule has 0 saturated heterocycles. The number of rotatable bonds is 9. The van der Waals surface area contributed by atoms with Crippen molar-refractivity contribution in [1.82, 2.24) is 0 Å². The third-order valence-corrected chi connectivity index (χ3v) is 15.4. The van der Waals surface area contributed by atoms with E-state index in [0.717, 1.165) is 18.6 Å². The first-order valence-corrected chi connectivity index (χ1v) is 20.9. The number of para-hydroxylation sites is 1. The van der Waals surface area contributed by atoms with E-state index >= 15 is 0 Å². The maximum absolute atomic E-state index is 7.62. The second-order valence-corrected chi connectivity index (χ2v) is 19.6. The SMILES string of the molecule is C=C/C(C)=C\C(=C/CC)P(c1cc(C)cc(C)c1)c1cccc2c1OC1C(P(C3=CC(C)=CC(C)C3)c3cccc(C)c3)=CC=CC1C2(C)C. The molecule has 0 spiro atoms. The summed E-state index contributed by atoms with van der Waals surface area (Å²) in [5.41, 5.74) is 7.63. The van der Waals surface area contributed by atoms with Gasteiger partial charge in [-0.25, -0.2) is 0 Å². The molecule has 6 rings (SSSR count). The summed E-state index contributed by atoms with van der Waals surface area (Å²) in [7, 11) is -1.68. The third kappa shape index (κ3) is 7.29. The quantitative estimate of drug-likeness (QED) is 0.160. The number of hydrogen-bond donors (Lipinski definition) is 0. The van der Waals surface area contributed by atoms with Crippen molar-refractivity contribution in [2.24, 2.45) is 11.8 Å². The fraction of sp³-hybridized carbons (Fsp3) is 0.319. The van der Waals surface area contributed by atoms with Gasteiger partial charge in [-0.15, -0.1) is 0 Å². The van der Waals surface area contributed by atoms with Gasteiger partial charge in [0.2, 0.25) is 0 Å². The molecule has 0 fully saturated rings. The van der Waals surface area contributed by atoms with E-state index in [0.29, 0.717) is 5.92 Å². The maximum Gasteiger partial charge on any atom is 0.132 e. The van der Waals surface area contributed by atoms with Gasteiger partial charge in [0, 0.05) is 27.5 Å². The largest absolute Gasteiger partial charge is 0.484 e. The van der Waals surface area contributed by atoms with Crippen LogP contribution in [0.5, 0.6) is 5.75 Å². The Morgan fingerprint density at radius 1 is 0.960 bits per heavy atom. The second kappa shape index (κ2) is 15.0. The van der Waals surface area contributed by atoms with E-state index in [9.17, 15) is 0 Å². The Balaban J connectivity index is 1.56. The fourth-order valence-corrected chi connectivity index (χ4v) is 13.9. The molecule has 3 aliphatic rings. The molecule has 0 aromatic heterocycles. The van der Waals surface area contributed by atoms with Gasteiger partial charge in [0.05, 0.1) is 0 Å². The average Bonchev–Trinajstić information content (AvgIpc) is 3.05. The molecule has 1 heterocycles. The van der Waals surface area contributed by atoms with Gasteiger partial charge in [0.15, 0.2) is 0 Å². The maximum atomic E-state index is 7.62. The van der Waals surface area contributed by atoms with Crippen LogP contribution in [-0.2, 0) is 5.41 Å². The average molecular weight is 697 g/mol. The van der Waals surface area contributed by atoms with E-state index in [1.54, 1.807) is 5.31 Å². The molecule has 0 saturated carbocycles. The summed E-state index contributed by atoms with van der Waals surface area (Å²) in [4.78, 5) is 0. The predicted molar refractivity (Wildman–Crippen MR) is 222 cm³/mol. The predicted octanol–water partition coefficient (Wildman–Crippen LogP) is 12.3. The lowest BCUT2D eigenvalue weighted by molar-refractivity contribution is 0.121. The highest BCUT2D eigenvalue weighted by molar-refractivity contribution is 7.77. The highest BCUT2D eigenvalue weighted by Gasteiger charge is 2.48. The van der Waals surface area contributed by atoms with Crippen molar-refractivity contribution in [3.8, 4) is 5.75 Å². The van der Waals surface area contributed by atoms with Crippen LogP contribution in [0.4, 0.5) is 0 Å². The van der Waals surface area contributed by atoms with Crippen LogP contribution in [-0.4, -0.2) is 6.10 Å². The second-order valence-electron chi connectivity index (χ2n) is 15.1. The van der Waals surface area contributed by atoms with Crippen molar-refractivity contribution in [1.29, 1.82) is 0 Å². The molecule has 0 N–H and O–H groups in total. The first-order valence-electron chi connectivity index (χ1n) is 18.2. The monoisotopic (exact) mass is 696 g/mol. The zero-order valence-corrected chi connectivity index (χ0v) is 33.3. The standard InChI is InChI=1S/C47H54OP2/c1-11-16-37(25-31(3)12-2)49(39-27-33(5)23-34(6)28-39)43-21-14-19-41-45(43)48-46-42(47(41,9)10)20-15-22-44(46)50(38-18-13-17-32(4)26-38)40-29-35(7)24-36(8)30-40/h12-29,36,42,46H,2,11,30H2,1,3-10H3/b31-25-,37-16+. The fourth-order valence-electron chi connectivity index (χ4n) is 8.08. The van der Waals surface area contributed by atoms with Crippen LogP contribution in [0.15, 0.2) is 143 Å². The van der Waals surface area contributed by atoms with Crippen LogP contribution in [0, 0.1) is 32.6 Å². The van der Waals surface area contributed by atoms with Crippen molar-refractivity contribution < 1.29 is 4.74 Å². The Kier molecular flexibility index (Phi) is 10.9. The topological polar surface area (TPSA) is 9.23 Å². The van der Waals surface area contributed by atoms with E-state index in [-0.39, 0.29) is 17.4 Å². The lowest BCUT2D eigenvalue weighted by Crippen LogP contribution is -2.47. The Morgan fingerprint density at radius 2 is 1.68 bits per heavy atom. The van der Waals surface area contributed by atoms with Gasteiger partial charge < -0.3 is 4.74 Å². The van der Waals surface area contributed by atoms with Gasteiger partial charge in [-0.05, 0) is 90.5 Å². The normalized spacial score (nSPS) is 22.7. The molecule has 0 amide bonds. The van der Waals surface area contributed by atoms with Crippen molar-refractivity contribution in [3.63, 3.8) is 0 Å². The first kappa shape index (κ1) is 36.3. The minimum atomic E-state index is -0.912. The van der Waals surface area contributed by atoms with Crippen molar-refractivity contribution in [2.45, 2.75) is 86.7 Å². The highest BCUT2D eigenvalue weighted by Crippen LogP contribution is 2.62. The zero-order chi connectivity index (χ0) is 35.7. The van der Waals surface area contributed by atoms with Gasteiger partial charge in [0.25, 0.3) is 0 Å². The number of allylic oxidation sites excluding steroid dienone is 11. The van der Waals surface area contributed by atoms with E-state index in [1.165, 1.54) is 59.9 Å². The summed E-state index contributed by atoms with van der Waals surface area (Å²) in [6.45, 7) is 24.7. The third-order valence-electron chi connectivity index (χ3n) is 10.3. The smallest absolute Gasteiger partial charge is 0.132 e. The van der Waals surface area contributed by atoms with Crippen LogP contribution >= 0.6 is 15.8 Å². The van der Waals surface area contributed by atoms with Gasteiger partial charge in [-0.3, -0.25) is 0 Å². The van der Waals surface area contributed by atoms with E-state index < -0.39 is 15.8 Å². The molecule has 5 unspecified atom stereocenters. The zero-order valence-electron chi connectivity index (χ0n) is 31.5. The molecule has 3 aromatic carbocycles. The van der Waals surface area contributed by atoms with Crippen LogP contribution in [0.1, 0.15) is 76.6 Å². The summed E-state index contributed by atoms with van der Waals surface area (Å²) in [5.74, 6) is 1.83. The van der Waals surface area contributed by atoms with Gasteiger partial charge >= 0.3 is 0 Å². The molecular formula is C47H54OP2. The van der Waals surface area contributed by atoms with Crippen LogP contribution < -0.4 is 20.7 Å². The van der Waals surface area contributed by atoms with Crippen LogP contribution in [0.3, 0.4) is 0 Å². The lowest BCUT2D eigenvalue weighted by atomic mass is 9.68. The molecule has 258 valence electrons. The lowest BCUT2D eigenvalue weighted by Gasteiger charge is -2.48. The highest BCUT2D eigenvalue weighted by atomic mass is 31.1. The number of aryl methyl sites for hydroxylation is 3. The summed E-state index contributed by atoms with van der Waals surface area (Å²) in [6, 6.07) is 23.3. The Morgan fingerprint density at radius 3 is 2.36 bits per heavy atom. The molecular weight excluding hydrogens is 642 g/mol. The molecule has 0 radical (unpaired) electrons. The van der Waals surface area contributed by atoms with Gasteiger partial charge in [0.1, 0.15) is 11.9 Å². The number of benzene rings is 3. The van der Waals surface area contributed by atoms with Gasteiger partial charge in [-0.1, -0.05) is 171 Å². The summed E-state index contributed by atoms with van der Waals surface area (Å²) in [6.07, 6.45) is 20.8. The summed E-state index contributed by atoms with van der Waals surface area (Å²) < 4.78 is 7.62. The molecule has 0 bridgehead atoms. The molecule has 2 aliphatic carbocycles. The first-order chi connectivity index (χ1) is 23.9. The summed E-state index contributed by atoms with van der Waals surface area (Å²) >= 11 is 0. The van der Waals surface area contributed by atoms with Crippen LogP contribution in [0.2, 0.25) is 0 Å². The summed E-state index contributed by atoms with van der Waals surface area (Å²) in [5, 5.41) is 8.43.